The number of nitrogens with zero attached hydrogens (tertiary/aromatic N) is 4. The lowest BCUT2D eigenvalue weighted by Crippen LogP contribution is -2.47. The van der Waals surface area contributed by atoms with E-state index in [1.165, 1.54) is 11.1 Å². The Balaban J connectivity index is 0.00000274. The molecule has 1 aromatic heterocycles. The number of rotatable bonds is 6. The third kappa shape index (κ3) is 5.37. The Bertz CT molecular complexity index is 1170. The highest BCUT2D eigenvalue weighted by molar-refractivity contribution is 5.85. The molecule has 5 rings (SSSR count). The SMILES string of the molecule is Cl.N#Cc1ccc(-c2cc(CN3CCN(C(c4ccccc4)c4ccccc4)CC3)on2)cc1. The van der Waals surface area contributed by atoms with Crippen molar-refractivity contribution in [2.45, 2.75) is 12.6 Å². The van der Waals surface area contributed by atoms with Crippen LogP contribution in [0.5, 0.6) is 0 Å². The van der Waals surface area contributed by atoms with Gasteiger partial charge in [0.1, 0.15) is 5.69 Å². The molecule has 0 aliphatic carbocycles. The van der Waals surface area contributed by atoms with E-state index in [9.17, 15) is 0 Å². The van der Waals surface area contributed by atoms with Gasteiger partial charge < -0.3 is 4.52 Å². The highest BCUT2D eigenvalue weighted by Crippen LogP contribution is 2.30. The number of halogens is 1. The minimum atomic E-state index is 0. The molecule has 3 aromatic carbocycles. The summed E-state index contributed by atoms with van der Waals surface area (Å²) in [4.78, 5) is 5.00. The van der Waals surface area contributed by atoms with Crippen molar-refractivity contribution in [3.63, 3.8) is 0 Å². The molecule has 0 bridgehead atoms. The van der Waals surface area contributed by atoms with E-state index in [0.29, 0.717) is 5.56 Å². The molecule has 4 aromatic rings. The summed E-state index contributed by atoms with van der Waals surface area (Å²) in [5.41, 5.74) is 5.08. The minimum Gasteiger partial charge on any atom is -0.359 e. The summed E-state index contributed by atoms with van der Waals surface area (Å²) in [7, 11) is 0. The minimum absolute atomic E-state index is 0. The van der Waals surface area contributed by atoms with Crippen LogP contribution in [-0.4, -0.2) is 41.1 Å². The number of benzene rings is 3. The fourth-order valence-electron chi connectivity index (χ4n) is 4.52. The van der Waals surface area contributed by atoms with Crippen molar-refractivity contribution >= 4 is 12.4 Å². The summed E-state index contributed by atoms with van der Waals surface area (Å²) in [6, 6.07) is 33.4. The Morgan fingerprint density at radius 3 is 1.97 bits per heavy atom. The molecule has 1 aliphatic rings. The maximum atomic E-state index is 8.97. The standard InChI is InChI=1S/C28H26N4O.ClH/c29-20-22-11-13-23(14-12-22)27-19-26(33-30-27)21-31-15-17-32(18-16-31)28(24-7-3-1-4-8-24)25-9-5-2-6-10-25;/h1-14,19,28H,15-18,21H2;1H. The number of hydrogen-bond donors (Lipinski definition) is 0. The third-order valence-corrected chi connectivity index (χ3v) is 6.25. The molecule has 5 nitrogen and oxygen atoms in total. The molecule has 0 saturated carbocycles. The van der Waals surface area contributed by atoms with Gasteiger partial charge in [0.05, 0.1) is 24.2 Å². The number of piperazine rings is 1. The van der Waals surface area contributed by atoms with Crippen LogP contribution in [0.3, 0.4) is 0 Å². The molecule has 0 N–H and O–H groups in total. The average molecular weight is 471 g/mol. The van der Waals surface area contributed by atoms with E-state index >= 15 is 0 Å². The molecular weight excluding hydrogens is 444 g/mol. The van der Waals surface area contributed by atoms with Crippen molar-refractivity contribution in [3.05, 3.63) is 113 Å². The summed E-state index contributed by atoms with van der Waals surface area (Å²) >= 11 is 0. The zero-order valence-corrected chi connectivity index (χ0v) is 19.7. The normalized spacial score (nSPS) is 14.5. The van der Waals surface area contributed by atoms with E-state index in [0.717, 1.165) is 49.7 Å². The van der Waals surface area contributed by atoms with E-state index in [2.05, 4.69) is 81.7 Å². The van der Waals surface area contributed by atoms with Gasteiger partial charge >= 0.3 is 0 Å². The van der Waals surface area contributed by atoms with Gasteiger partial charge in [-0.05, 0) is 23.3 Å². The van der Waals surface area contributed by atoms with Crippen LogP contribution >= 0.6 is 12.4 Å². The molecule has 1 saturated heterocycles. The molecule has 6 heteroatoms. The molecule has 172 valence electrons. The average Bonchev–Trinajstić information content (AvgIpc) is 3.35. The molecule has 0 radical (unpaired) electrons. The monoisotopic (exact) mass is 470 g/mol. The first-order valence-corrected chi connectivity index (χ1v) is 11.3. The van der Waals surface area contributed by atoms with Gasteiger partial charge in [-0.2, -0.15) is 5.26 Å². The van der Waals surface area contributed by atoms with Crippen LogP contribution in [0.2, 0.25) is 0 Å². The Morgan fingerprint density at radius 1 is 0.824 bits per heavy atom. The van der Waals surface area contributed by atoms with E-state index in [1.807, 2.05) is 18.2 Å². The highest BCUT2D eigenvalue weighted by Gasteiger charge is 2.26. The molecule has 0 spiro atoms. The number of hydrogen-bond acceptors (Lipinski definition) is 5. The maximum Gasteiger partial charge on any atom is 0.151 e. The lowest BCUT2D eigenvalue weighted by atomic mass is 9.96. The Kier molecular flexibility index (Phi) is 7.76. The smallest absolute Gasteiger partial charge is 0.151 e. The van der Waals surface area contributed by atoms with Gasteiger partial charge in [0.15, 0.2) is 5.76 Å². The van der Waals surface area contributed by atoms with Gasteiger partial charge in [0.2, 0.25) is 0 Å². The zero-order chi connectivity index (χ0) is 22.5. The number of aromatic nitrogens is 1. The first-order chi connectivity index (χ1) is 16.3. The predicted octanol–water partition coefficient (Wildman–Crippen LogP) is 5.54. The van der Waals surface area contributed by atoms with Crippen LogP contribution < -0.4 is 0 Å². The topological polar surface area (TPSA) is 56.3 Å². The van der Waals surface area contributed by atoms with Crippen LogP contribution in [-0.2, 0) is 6.54 Å². The molecule has 1 aliphatic heterocycles. The van der Waals surface area contributed by atoms with Crippen molar-refractivity contribution in [2.24, 2.45) is 0 Å². The lowest BCUT2D eigenvalue weighted by Gasteiger charge is -2.39. The second-order valence-corrected chi connectivity index (χ2v) is 8.40. The van der Waals surface area contributed by atoms with Crippen molar-refractivity contribution < 1.29 is 4.52 Å². The zero-order valence-electron chi connectivity index (χ0n) is 18.9. The summed E-state index contributed by atoms with van der Waals surface area (Å²) in [6.07, 6.45) is 0. The first kappa shape index (κ1) is 23.7. The fourth-order valence-corrected chi connectivity index (χ4v) is 4.52. The van der Waals surface area contributed by atoms with Crippen LogP contribution in [0.25, 0.3) is 11.3 Å². The number of nitriles is 1. The van der Waals surface area contributed by atoms with Crippen LogP contribution in [0.15, 0.2) is 95.5 Å². The van der Waals surface area contributed by atoms with Crippen LogP contribution in [0.1, 0.15) is 28.5 Å². The second-order valence-electron chi connectivity index (χ2n) is 8.40. The Labute approximate surface area is 206 Å². The van der Waals surface area contributed by atoms with E-state index < -0.39 is 0 Å². The van der Waals surface area contributed by atoms with E-state index in [4.69, 9.17) is 9.78 Å². The quantitative estimate of drug-likeness (QED) is 0.370. The van der Waals surface area contributed by atoms with Crippen molar-refractivity contribution in [1.82, 2.24) is 15.0 Å². The Hall–Kier alpha value is -3.43. The molecule has 0 amide bonds. The molecule has 2 heterocycles. The highest BCUT2D eigenvalue weighted by atomic mass is 35.5. The van der Waals surface area contributed by atoms with Gasteiger partial charge in [-0.15, -0.1) is 12.4 Å². The molecular formula is C28H27ClN4O. The van der Waals surface area contributed by atoms with Crippen molar-refractivity contribution in [2.75, 3.05) is 26.2 Å². The largest absolute Gasteiger partial charge is 0.359 e. The van der Waals surface area contributed by atoms with Gasteiger partial charge in [0, 0.05) is 37.8 Å². The predicted molar refractivity (Wildman–Crippen MR) is 135 cm³/mol. The summed E-state index contributed by atoms with van der Waals surface area (Å²) in [5, 5.41) is 13.2. The first-order valence-electron chi connectivity index (χ1n) is 11.3. The fraction of sp³-hybridized carbons (Fsp3) is 0.214. The van der Waals surface area contributed by atoms with Crippen LogP contribution in [0.4, 0.5) is 0 Å². The van der Waals surface area contributed by atoms with Gasteiger partial charge in [-0.3, -0.25) is 9.80 Å². The molecule has 1 fully saturated rings. The molecule has 34 heavy (non-hydrogen) atoms. The molecule has 0 unspecified atom stereocenters. The molecule has 0 atom stereocenters. The van der Waals surface area contributed by atoms with Crippen molar-refractivity contribution in [1.29, 1.82) is 5.26 Å². The maximum absolute atomic E-state index is 8.97. The van der Waals surface area contributed by atoms with E-state index in [1.54, 1.807) is 12.1 Å². The summed E-state index contributed by atoms with van der Waals surface area (Å²) in [6.45, 7) is 4.68. The lowest BCUT2D eigenvalue weighted by molar-refractivity contribution is 0.0980. The summed E-state index contributed by atoms with van der Waals surface area (Å²) in [5.74, 6) is 0.866. The summed E-state index contributed by atoms with van der Waals surface area (Å²) < 4.78 is 5.62. The van der Waals surface area contributed by atoms with Gasteiger partial charge in [-0.25, -0.2) is 0 Å². The van der Waals surface area contributed by atoms with Crippen molar-refractivity contribution in [3.8, 4) is 17.3 Å². The second kappa shape index (κ2) is 11.1. The van der Waals surface area contributed by atoms with Gasteiger partial charge in [0.25, 0.3) is 0 Å². The van der Waals surface area contributed by atoms with Crippen LogP contribution in [0, 0.1) is 11.3 Å². The van der Waals surface area contributed by atoms with Gasteiger partial charge in [-0.1, -0.05) is 78.0 Å². The van der Waals surface area contributed by atoms with E-state index in [-0.39, 0.29) is 18.4 Å². The third-order valence-electron chi connectivity index (χ3n) is 6.25. The Morgan fingerprint density at radius 2 is 1.41 bits per heavy atom.